The number of amides is 1. The summed E-state index contributed by atoms with van der Waals surface area (Å²) in [5, 5.41) is 1.71. The number of hydrogen-bond acceptors (Lipinski definition) is 3. The van der Waals surface area contributed by atoms with Crippen molar-refractivity contribution in [2.24, 2.45) is 23.2 Å². The summed E-state index contributed by atoms with van der Waals surface area (Å²) in [6, 6.07) is 0. The Morgan fingerprint density at radius 2 is 1.55 bits per heavy atom. The van der Waals surface area contributed by atoms with Crippen LogP contribution in [-0.2, 0) is 14.3 Å². The third-order valence-electron chi connectivity index (χ3n) is 5.29. The predicted molar refractivity (Wildman–Crippen MR) is 70.6 cm³/mol. The third kappa shape index (κ3) is 3.22. The summed E-state index contributed by atoms with van der Waals surface area (Å²) in [4.78, 5) is 23.7. The zero-order valence-corrected chi connectivity index (χ0v) is 12.2. The maximum absolute atomic E-state index is 12.4. The SMILES string of the molecule is O=C(COC(=O)C12CC3CC(CC(C3)C1)C2)NCC(F)(F)F. The van der Waals surface area contributed by atoms with Crippen molar-refractivity contribution in [2.45, 2.75) is 44.7 Å². The smallest absolute Gasteiger partial charge is 0.405 e. The Hall–Kier alpha value is -1.27. The van der Waals surface area contributed by atoms with Gasteiger partial charge in [-0.1, -0.05) is 0 Å². The van der Waals surface area contributed by atoms with Crippen molar-refractivity contribution in [3.8, 4) is 0 Å². The van der Waals surface area contributed by atoms with Crippen LogP contribution in [0.25, 0.3) is 0 Å². The highest BCUT2D eigenvalue weighted by atomic mass is 19.4. The van der Waals surface area contributed by atoms with E-state index in [4.69, 9.17) is 4.74 Å². The van der Waals surface area contributed by atoms with E-state index < -0.39 is 36.6 Å². The highest BCUT2D eigenvalue weighted by molar-refractivity contribution is 5.83. The Morgan fingerprint density at radius 1 is 1.05 bits per heavy atom. The molecule has 124 valence electrons. The maximum Gasteiger partial charge on any atom is 0.405 e. The van der Waals surface area contributed by atoms with Crippen LogP contribution in [0.2, 0.25) is 0 Å². The van der Waals surface area contributed by atoms with E-state index in [0.717, 1.165) is 19.3 Å². The molecule has 0 atom stereocenters. The number of ether oxygens (including phenoxy) is 1. The molecule has 0 aromatic rings. The Bertz CT molecular complexity index is 440. The second kappa shape index (κ2) is 5.42. The fourth-order valence-corrected chi connectivity index (χ4v) is 4.89. The van der Waals surface area contributed by atoms with Gasteiger partial charge in [-0.3, -0.25) is 9.59 Å². The summed E-state index contributed by atoms with van der Waals surface area (Å²) < 4.78 is 41.0. The van der Waals surface area contributed by atoms with Gasteiger partial charge < -0.3 is 10.1 Å². The minimum Gasteiger partial charge on any atom is -0.455 e. The van der Waals surface area contributed by atoms with Crippen LogP contribution in [-0.4, -0.2) is 31.2 Å². The van der Waals surface area contributed by atoms with Gasteiger partial charge in [-0.25, -0.2) is 0 Å². The van der Waals surface area contributed by atoms with Crippen molar-refractivity contribution in [1.82, 2.24) is 5.32 Å². The molecule has 1 amide bonds. The highest BCUT2D eigenvalue weighted by Gasteiger charge is 2.55. The molecule has 1 N–H and O–H groups in total. The van der Waals surface area contributed by atoms with E-state index in [9.17, 15) is 22.8 Å². The number of carbonyl (C=O) groups excluding carboxylic acids is 2. The van der Waals surface area contributed by atoms with E-state index >= 15 is 0 Å². The van der Waals surface area contributed by atoms with Gasteiger partial charge in [0.1, 0.15) is 6.54 Å². The van der Waals surface area contributed by atoms with Crippen molar-refractivity contribution >= 4 is 11.9 Å². The highest BCUT2D eigenvalue weighted by Crippen LogP contribution is 2.60. The van der Waals surface area contributed by atoms with Crippen LogP contribution in [0.3, 0.4) is 0 Å². The normalized spacial score (nSPS) is 36.2. The lowest BCUT2D eigenvalue weighted by molar-refractivity contribution is -0.173. The van der Waals surface area contributed by atoms with E-state index in [-0.39, 0.29) is 0 Å². The van der Waals surface area contributed by atoms with Gasteiger partial charge in [-0.05, 0) is 56.3 Å². The van der Waals surface area contributed by atoms with E-state index in [2.05, 4.69) is 0 Å². The maximum atomic E-state index is 12.4. The standard InChI is InChI=1S/C15H20F3NO3/c16-15(17,18)8-19-12(20)7-22-13(21)14-4-9-1-10(5-14)3-11(2-9)6-14/h9-11H,1-8H2,(H,19,20). The number of rotatable bonds is 4. The fourth-order valence-electron chi connectivity index (χ4n) is 4.89. The summed E-state index contributed by atoms with van der Waals surface area (Å²) in [5.74, 6) is 0.401. The molecule has 4 nitrogen and oxygen atoms in total. The zero-order valence-electron chi connectivity index (χ0n) is 12.2. The van der Waals surface area contributed by atoms with Crippen LogP contribution in [0.4, 0.5) is 13.2 Å². The van der Waals surface area contributed by atoms with Crippen molar-refractivity contribution in [3.05, 3.63) is 0 Å². The molecule has 0 spiro atoms. The van der Waals surface area contributed by atoms with Crippen molar-refractivity contribution in [2.75, 3.05) is 13.2 Å². The van der Waals surface area contributed by atoms with Crippen LogP contribution in [0.1, 0.15) is 38.5 Å². The Kier molecular flexibility index (Phi) is 3.85. The second-order valence-electron chi connectivity index (χ2n) is 7.17. The summed E-state index contributed by atoms with van der Waals surface area (Å²) >= 11 is 0. The topological polar surface area (TPSA) is 55.4 Å². The average molecular weight is 319 g/mol. The summed E-state index contributed by atoms with van der Waals surface area (Å²) in [6.07, 6.45) is 1.50. The van der Waals surface area contributed by atoms with Crippen LogP contribution in [0.15, 0.2) is 0 Å². The number of hydrogen-bond donors (Lipinski definition) is 1. The lowest BCUT2D eigenvalue weighted by Crippen LogP contribution is -2.51. The Labute approximate surface area is 126 Å². The minimum absolute atomic E-state index is 0.395. The first kappa shape index (κ1) is 15.6. The molecule has 0 aromatic heterocycles. The molecule has 7 heteroatoms. The number of alkyl halides is 3. The van der Waals surface area contributed by atoms with Crippen LogP contribution in [0, 0.1) is 23.2 Å². The first-order chi connectivity index (χ1) is 10.3. The molecule has 0 unspecified atom stereocenters. The van der Waals surface area contributed by atoms with E-state index in [1.165, 1.54) is 19.3 Å². The van der Waals surface area contributed by atoms with Crippen molar-refractivity contribution in [3.63, 3.8) is 0 Å². The minimum atomic E-state index is -4.46. The molecule has 4 bridgehead atoms. The van der Waals surface area contributed by atoms with E-state index in [0.29, 0.717) is 17.8 Å². The molecule has 4 saturated carbocycles. The average Bonchev–Trinajstić information content (AvgIpc) is 2.40. The molecule has 0 aliphatic heterocycles. The molecule has 4 fully saturated rings. The van der Waals surface area contributed by atoms with Gasteiger partial charge in [0, 0.05) is 0 Å². The molecule has 4 aliphatic rings. The molecule has 0 aromatic carbocycles. The van der Waals surface area contributed by atoms with Crippen LogP contribution in [0.5, 0.6) is 0 Å². The van der Waals surface area contributed by atoms with Gasteiger partial charge in [0.05, 0.1) is 5.41 Å². The fraction of sp³-hybridized carbons (Fsp3) is 0.867. The lowest BCUT2D eigenvalue weighted by Gasteiger charge is -2.55. The number of nitrogens with one attached hydrogen (secondary N) is 1. The van der Waals surface area contributed by atoms with Gasteiger partial charge in [-0.2, -0.15) is 13.2 Å². The summed E-state index contributed by atoms with van der Waals surface area (Å²) in [5.41, 5.74) is -0.487. The summed E-state index contributed by atoms with van der Waals surface area (Å²) in [6.45, 7) is -2.03. The zero-order chi connectivity index (χ0) is 16.0. The van der Waals surface area contributed by atoms with Gasteiger partial charge in [0.15, 0.2) is 6.61 Å². The third-order valence-corrected chi connectivity index (χ3v) is 5.29. The van der Waals surface area contributed by atoms with Gasteiger partial charge in [0.2, 0.25) is 0 Å². The monoisotopic (exact) mass is 319 g/mol. The molecular weight excluding hydrogens is 299 g/mol. The van der Waals surface area contributed by atoms with Gasteiger partial charge in [0.25, 0.3) is 5.91 Å². The molecular formula is C15H20F3NO3. The molecule has 4 aliphatic carbocycles. The second-order valence-corrected chi connectivity index (χ2v) is 7.17. The van der Waals surface area contributed by atoms with E-state index in [1.54, 1.807) is 5.32 Å². The predicted octanol–water partition coefficient (Wildman–Crippen LogP) is 2.42. The number of esters is 1. The molecule has 0 saturated heterocycles. The Morgan fingerprint density at radius 3 is 2.00 bits per heavy atom. The Balaban J connectivity index is 1.51. The molecule has 0 radical (unpaired) electrons. The first-order valence-corrected chi connectivity index (χ1v) is 7.76. The molecule has 4 rings (SSSR count). The quantitative estimate of drug-likeness (QED) is 0.810. The van der Waals surface area contributed by atoms with Crippen LogP contribution < -0.4 is 5.32 Å². The number of halogens is 3. The first-order valence-electron chi connectivity index (χ1n) is 7.76. The largest absolute Gasteiger partial charge is 0.455 e. The molecule has 0 heterocycles. The van der Waals surface area contributed by atoms with Gasteiger partial charge >= 0.3 is 12.1 Å². The number of carbonyl (C=O) groups is 2. The molecule has 22 heavy (non-hydrogen) atoms. The lowest BCUT2D eigenvalue weighted by atomic mass is 9.49. The van der Waals surface area contributed by atoms with Crippen LogP contribution >= 0.6 is 0 Å². The van der Waals surface area contributed by atoms with Crippen molar-refractivity contribution in [1.29, 1.82) is 0 Å². The van der Waals surface area contributed by atoms with E-state index in [1.807, 2.05) is 0 Å². The van der Waals surface area contributed by atoms with Crippen molar-refractivity contribution < 1.29 is 27.5 Å². The summed E-state index contributed by atoms with van der Waals surface area (Å²) in [7, 11) is 0. The van der Waals surface area contributed by atoms with Gasteiger partial charge in [-0.15, -0.1) is 0 Å².